The third-order valence-electron chi connectivity index (χ3n) is 5.20. The molecule has 0 N–H and O–H groups in total. The Kier molecular flexibility index (Phi) is 6.65. The molecule has 3 rings (SSSR count). The zero-order valence-electron chi connectivity index (χ0n) is 15.8. The summed E-state index contributed by atoms with van der Waals surface area (Å²) in [5.74, 6) is 0. The molecule has 0 aliphatic heterocycles. The number of aromatic nitrogens is 2. The zero-order chi connectivity index (χ0) is 17.5. The molecule has 0 radical (unpaired) electrons. The Morgan fingerprint density at radius 2 is 1.84 bits per heavy atom. The first-order valence-corrected chi connectivity index (χ1v) is 9.65. The van der Waals surface area contributed by atoms with Crippen molar-refractivity contribution < 1.29 is 0 Å². The smallest absolute Gasteiger partial charge is 0.0544 e. The van der Waals surface area contributed by atoms with Gasteiger partial charge in [-0.15, -0.1) is 0 Å². The van der Waals surface area contributed by atoms with Crippen LogP contribution in [0.1, 0.15) is 49.5 Å². The molecule has 1 aliphatic rings. The highest BCUT2D eigenvalue weighted by atomic mass is 15.2. The molecule has 4 nitrogen and oxygen atoms in total. The lowest BCUT2D eigenvalue weighted by atomic mass is 9.95. The number of likely N-dealkylation sites (N-methyl/N-ethyl adjacent to an activating group) is 1. The fraction of sp³-hybridized carbons (Fsp3) is 0.571. The van der Waals surface area contributed by atoms with Gasteiger partial charge in [-0.2, -0.15) is 0 Å². The van der Waals surface area contributed by atoms with E-state index in [0.717, 1.165) is 31.9 Å². The van der Waals surface area contributed by atoms with Gasteiger partial charge in [0.2, 0.25) is 0 Å². The summed E-state index contributed by atoms with van der Waals surface area (Å²) in [5.41, 5.74) is 2.60. The van der Waals surface area contributed by atoms with Gasteiger partial charge < -0.3 is 9.47 Å². The van der Waals surface area contributed by atoms with Gasteiger partial charge in [0.1, 0.15) is 0 Å². The SMILES string of the molecule is CN(C)CCN(Cc1ccccn1)Cc1cccn1C1CCCCC1. The first-order valence-electron chi connectivity index (χ1n) is 9.65. The molecule has 1 saturated carbocycles. The minimum absolute atomic E-state index is 0.698. The van der Waals surface area contributed by atoms with Crippen molar-refractivity contribution in [2.45, 2.75) is 51.2 Å². The first-order chi connectivity index (χ1) is 12.2. The Bertz CT molecular complexity index is 614. The number of hydrogen-bond donors (Lipinski definition) is 0. The quantitative estimate of drug-likeness (QED) is 0.727. The highest BCUT2D eigenvalue weighted by Crippen LogP contribution is 2.29. The van der Waals surface area contributed by atoms with Gasteiger partial charge in [-0.3, -0.25) is 9.88 Å². The topological polar surface area (TPSA) is 24.3 Å². The lowest BCUT2D eigenvalue weighted by Gasteiger charge is -2.28. The molecule has 0 spiro atoms. The molecule has 0 bridgehead atoms. The fourth-order valence-corrected chi connectivity index (χ4v) is 3.78. The van der Waals surface area contributed by atoms with E-state index in [1.807, 2.05) is 12.3 Å². The van der Waals surface area contributed by atoms with Crippen LogP contribution < -0.4 is 0 Å². The van der Waals surface area contributed by atoms with Gasteiger partial charge in [-0.05, 0) is 51.2 Å². The monoisotopic (exact) mass is 340 g/mol. The summed E-state index contributed by atoms with van der Waals surface area (Å²) >= 11 is 0. The van der Waals surface area contributed by atoms with Gasteiger partial charge in [0.05, 0.1) is 5.69 Å². The van der Waals surface area contributed by atoms with E-state index in [-0.39, 0.29) is 0 Å². The van der Waals surface area contributed by atoms with Crippen molar-refractivity contribution in [3.63, 3.8) is 0 Å². The summed E-state index contributed by atoms with van der Waals surface area (Å²) in [7, 11) is 4.29. The van der Waals surface area contributed by atoms with Crippen LogP contribution in [0.2, 0.25) is 0 Å². The van der Waals surface area contributed by atoms with Crippen molar-refractivity contribution in [3.05, 3.63) is 54.1 Å². The summed E-state index contributed by atoms with van der Waals surface area (Å²) in [5, 5.41) is 0. The maximum Gasteiger partial charge on any atom is 0.0544 e. The lowest BCUT2D eigenvalue weighted by Crippen LogP contribution is -2.32. The van der Waals surface area contributed by atoms with Crippen molar-refractivity contribution in [2.75, 3.05) is 27.2 Å². The van der Waals surface area contributed by atoms with E-state index < -0.39 is 0 Å². The molecular formula is C21H32N4. The average Bonchev–Trinajstić information content (AvgIpc) is 3.09. The second kappa shape index (κ2) is 9.16. The van der Waals surface area contributed by atoms with Crippen LogP contribution in [0, 0.1) is 0 Å². The molecule has 0 unspecified atom stereocenters. The van der Waals surface area contributed by atoms with Crippen molar-refractivity contribution in [1.82, 2.24) is 19.4 Å². The zero-order valence-corrected chi connectivity index (χ0v) is 15.8. The van der Waals surface area contributed by atoms with Crippen molar-refractivity contribution in [2.24, 2.45) is 0 Å². The highest BCUT2D eigenvalue weighted by molar-refractivity contribution is 5.10. The second-order valence-electron chi connectivity index (χ2n) is 7.53. The van der Waals surface area contributed by atoms with E-state index in [1.54, 1.807) is 0 Å². The molecule has 0 atom stereocenters. The minimum atomic E-state index is 0.698. The molecule has 2 aromatic heterocycles. The molecule has 2 aromatic rings. The third-order valence-corrected chi connectivity index (χ3v) is 5.20. The van der Waals surface area contributed by atoms with Crippen LogP contribution in [0.25, 0.3) is 0 Å². The summed E-state index contributed by atoms with van der Waals surface area (Å²) < 4.78 is 2.54. The maximum absolute atomic E-state index is 4.53. The standard InChI is InChI=1S/C21H32N4/c1-23(2)15-16-24(17-19-9-6-7-13-22-19)18-21-12-8-14-25(21)20-10-4-3-5-11-20/h6-9,12-14,20H,3-5,10-11,15-18H2,1-2H3. The van der Waals surface area contributed by atoms with Crippen LogP contribution in [-0.2, 0) is 13.1 Å². The molecule has 0 amide bonds. The molecule has 136 valence electrons. The van der Waals surface area contributed by atoms with Crippen LogP contribution >= 0.6 is 0 Å². The Balaban J connectivity index is 1.70. The van der Waals surface area contributed by atoms with Crippen molar-refractivity contribution in [3.8, 4) is 0 Å². The predicted molar refractivity (Wildman–Crippen MR) is 103 cm³/mol. The highest BCUT2D eigenvalue weighted by Gasteiger charge is 2.18. The summed E-state index contributed by atoms with van der Waals surface area (Å²) in [6.07, 6.45) is 11.0. The van der Waals surface area contributed by atoms with E-state index in [2.05, 4.69) is 63.9 Å². The summed E-state index contributed by atoms with van der Waals surface area (Å²) in [6, 6.07) is 11.4. The van der Waals surface area contributed by atoms with Gasteiger partial charge in [0.25, 0.3) is 0 Å². The average molecular weight is 341 g/mol. The Labute approximate surface area is 152 Å². The Morgan fingerprint density at radius 1 is 1.00 bits per heavy atom. The van der Waals surface area contributed by atoms with E-state index >= 15 is 0 Å². The normalized spacial score (nSPS) is 16.0. The largest absolute Gasteiger partial charge is 0.347 e. The van der Waals surface area contributed by atoms with Crippen LogP contribution in [0.15, 0.2) is 42.7 Å². The molecule has 25 heavy (non-hydrogen) atoms. The predicted octanol–water partition coefficient (Wildman–Crippen LogP) is 3.95. The van der Waals surface area contributed by atoms with Gasteiger partial charge in [-0.1, -0.05) is 25.3 Å². The molecule has 1 fully saturated rings. The van der Waals surface area contributed by atoms with E-state index in [4.69, 9.17) is 0 Å². The van der Waals surface area contributed by atoms with Crippen LogP contribution in [-0.4, -0.2) is 46.5 Å². The third kappa shape index (κ3) is 5.41. The molecule has 2 heterocycles. The summed E-state index contributed by atoms with van der Waals surface area (Å²) in [6.45, 7) is 4.02. The van der Waals surface area contributed by atoms with Gasteiger partial charge in [0, 0.05) is 50.3 Å². The molecule has 0 aromatic carbocycles. The van der Waals surface area contributed by atoms with Crippen molar-refractivity contribution in [1.29, 1.82) is 0 Å². The minimum Gasteiger partial charge on any atom is -0.347 e. The van der Waals surface area contributed by atoms with Gasteiger partial charge in [0.15, 0.2) is 0 Å². The van der Waals surface area contributed by atoms with Crippen molar-refractivity contribution >= 4 is 0 Å². The second-order valence-corrected chi connectivity index (χ2v) is 7.53. The number of hydrogen-bond acceptors (Lipinski definition) is 3. The number of nitrogens with zero attached hydrogens (tertiary/aromatic N) is 4. The summed E-state index contributed by atoms with van der Waals surface area (Å²) in [4.78, 5) is 9.31. The fourth-order valence-electron chi connectivity index (χ4n) is 3.78. The molecular weight excluding hydrogens is 308 g/mol. The van der Waals surface area contributed by atoms with Crippen LogP contribution in [0.4, 0.5) is 0 Å². The van der Waals surface area contributed by atoms with E-state index in [9.17, 15) is 0 Å². The maximum atomic E-state index is 4.53. The Hall–Kier alpha value is -1.65. The van der Waals surface area contributed by atoms with E-state index in [0.29, 0.717) is 6.04 Å². The van der Waals surface area contributed by atoms with Gasteiger partial charge >= 0.3 is 0 Å². The lowest BCUT2D eigenvalue weighted by molar-refractivity contribution is 0.215. The number of pyridine rings is 1. The van der Waals surface area contributed by atoms with Crippen LogP contribution in [0.5, 0.6) is 0 Å². The van der Waals surface area contributed by atoms with Crippen LogP contribution in [0.3, 0.4) is 0 Å². The first kappa shape index (κ1) is 18.2. The molecule has 4 heteroatoms. The molecule has 1 aliphatic carbocycles. The number of rotatable bonds is 8. The Morgan fingerprint density at radius 3 is 2.56 bits per heavy atom. The van der Waals surface area contributed by atoms with Gasteiger partial charge in [-0.25, -0.2) is 0 Å². The van der Waals surface area contributed by atoms with E-state index in [1.165, 1.54) is 37.8 Å². The molecule has 0 saturated heterocycles.